The summed E-state index contributed by atoms with van der Waals surface area (Å²) < 4.78 is 11.4. The average Bonchev–Trinajstić information content (AvgIpc) is 3.60. The van der Waals surface area contributed by atoms with E-state index in [9.17, 15) is 0 Å². The molecule has 3 heterocycles. The molecule has 0 saturated heterocycles. The first kappa shape index (κ1) is 35.7. The summed E-state index contributed by atoms with van der Waals surface area (Å²) in [4.78, 5) is 4.88. The van der Waals surface area contributed by atoms with Crippen molar-refractivity contribution in [1.29, 1.82) is 0 Å². The van der Waals surface area contributed by atoms with Crippen LogP contribution in [0.15, 0.2) is 90.6 Å². The Kier molecular flexibility index (Phi) is 9.67. The molecule has 0 spiro atoms. The lowest BCUT2D eigenvalue weighted by atomic mass is 9.72. The van der Waals surface area contributed by atoms with Crippen LogP contribution >= 0.6 is 0 Å². The Morgan fingerprint density at radius 1 is 0.885 bits per heavy atom. The lowest BCUT2D eigenvalue weighted by Crippen LogP contribution is -2.21. The number of hydrogen-bond acceptors (Lipinski definition) is 3. The van der Waals surface area contributed by atoms with Crippen LogP contribution in [0, 0.1) is 18.8 Å². The number of aromatic nitrogens is 4. The van der Waals surface area contributed by atoms with E-state index in [1.54, 1.807) is 0 Å². The standard InChI is InChI=1S/C47H56N4O/c1-11-12-16-42-46(45-31(5)22-30(4)23-32(45)6)33(7)49-51(42)36-24-34(29(2)3)25-38(27-36)52-37-18-19-40-39-15-13-14-17-41(39)50(43(40)28-37)44-26-35(20-21-48-44)47(8,9)10/h13-15,17-22,24-30,32,45H,11-12,16,23H2,1-10H3/t30-,32?,45-/m0/s1. The summed E-state index contributed by atoms with van der Waals surface area (Å²) in [5, 5.41) is 7.68. The van der Waals surface area contributed by atoms with Gasteiger partial charge in [0.05, 0.1) is 22.4 Å². The number of benzene rings is 3. The smallest absolute Gasteiger partial charge is 0.137 e. The summed E-state index contributed by atoms with van der Waals surface area (Å²) in [6.07, 6.45) is 8.91. The molecule has 270 valence electrons. The molecule has 0 bridgehead atoms. The summed E-state index contributed by atoms with van der Waals surface area (Å²) in [5.41, 5.74) is 11.2. The normalized spacial score (nSPS) is 18.1. The van der Waals surface area contributed by atoms with Gasteiger partial charge in [-0.15, -0.1) is 0 Å². The van der Waals surface area contributed by atoms with Crippen LogP contribution < -0.4 is 4.74 Å². The fraction of sp³-hybridized carbons (Fsp3) is 0.404. The molecule has 3 aromatic carbocycles. The highest BCUT2D eigenvalue weighted by Gasteiger charge is 2.32. The molecule has 0 saturated carbocycles. The van der Waals surface area contributed by atoms with Crippen molar-refractivity contribution in [2.75, 3.05) is 0 Å². The first-order valence-electron chi connectivity index (χ1n) is 19.4. The highest BCUT2D eigenvalue weighted by atomic mass is 16.5. The third-order valence-corrected chi connectivity index (χ3v) is 11.2. The zero-order valence-corrected chi connectivity index (χ0v) is 32.9. The molecule has 52 heavy (non-hydrogen) atoms. The number of nitrogens with zero attached hydrogens (tertiary/aromatic N) is 4. The molecule has 6 aromatic rings. The van der Waals surface area contributed by atoms with Gasteiger partial charge in [-0.05, 0) is 110 Å². The minimum absolute atomic E-state index is 0.0108. The summed E-state index contributed by atoms with van der Waals surface area (Å²) in [6.45, 7) is 22.8. The highest BCUT2D eigenvalue weighted by Crippen LogP contribution is 2.44. The molecule has 5 heteroatoms. The van der Waals surface area contributed by atoms with Gasteiger partial charge in [0.2, 0.25) is 0 Å². The van der Waals surface area contributed by atoms with E-state index >= 15 is 0 Å². The van der Waals surface area contributed by atoms with Crippen LogP contribution in [-0.4, -0.2) is 19.3 Å². The third kappa shape index (κ3) is 6.71. The first-order chi connectivity index (χ1) is 24.8. The van der Waals surface area contributed by atoms with Crippen molar-refractivity contribution < 1.29 is 4.74 Å². The predicted octanol–water partition coefficient (Wildman–Crippen LogP) is 12.9. The van der Waals surface area contributed by atoms with E-state index in [2.05, 4.69) is 157 Å². The molecule has 0 aliphatic heterocycles. The van der Waals surface area contributed by atoms with Gasteiger partial charge in [0.1, 0.15) is 17.3 Å². The number of para-hydroxylation sites is 1. The maximum Gasteiger partial charge on any atom is 0.137 e. The van der Waals surface area contributed by atoms with Gasteiger partial charge in [0.15, 0.2) is 0 Å². The van der Waals surface area contributed by atoms with Crippen molar-refractivity contribution in [1.82, 2.24) is 19.3 Å². The molecule has 0 N–H and O–H groups in total. The van der Waals surface area contributed by atoms with Crippen LogP contribution in [0.1, 0.15) is 121 Å². The van der Waals surface area contributed by atoms with Crippen LogP contribution in [0.2, 0.25) is 0 Å². The van der Waals surface area contributed by atoms with E-state index in [0.29, 0.717) is 23.7 Å². The second-order valence-corrected chi connectivity index (χ2v) is 16.7. The van der Waals surface area contributed by atoms with Gasteiger partial charge < -0.3 is 4.74 Å². The lowest BCUT2D eigenvalue weighted by molar-refractivity contribution is 0.389. The zero-order chi connectivity index (χ0) is 36.9. The van der Waals surface area contributed by atoms with E-state index in [0.717, 1.165) is 59.0 Å². The molecule has 0 radical (unpaired) electrons. The van der Waals surface area contributed by atoms with Crippen molar-refractivity contribution in [3.63, 3.8) is 0 Å². The number of pyridine rings is 1. The SMILES string of the molecule is CCCCc1c([C@H]2C(C)=C[C@H](C)CC2C)c(C)nn1-c1cc(Oc2ccc3c4ccccc4n(-c4cc(C(C)(C)C)ccn4)c3c2)cc(C(C)C)c1. The van der Waals surface area contributed by atoms with Gasteiger partial charge in [0, 0.05) is 46.3 Å². The second-order valence-electron chi connectivity index (χ2n) is 16.7. The van der Waals surface area contributed by atoms with Crippen LogP contribution in [-0.2, 0) is 11.8 Å². The fourth-order valence-electron chi connectivity index (χ4n) is 8.62. The van der Waals surface area contributed by atoms with Gasteiger partial charge in [-0.3, -0.25) is 4.57 Å². The molecule has 0 amide bonds. The molecule has 1 unspecified atom stereocenters. The third-order valence-electron chi connectivity index (χ3n) is 11.2. The van der Waals surface area contributed by atoms with Crippen molar-refractivity contribution >= 4 is 21.8 Å². The monoisotopic (exact) mass is 692 g/mol. The first-order valence-corrected chi connectivity index (χ1v) is 19.4. The maximum atomic E-state index is 6.84. The largest absolute Gasteiger partial charge is 0.457 e. The minimum Gasteiger partial charge on any atom is -0.457 e. The van der Waals surface area contributed by atoms with Gasteiger partial charge in [-0.1, -0.05) is 91.7 Å². The Morgan fingerprint density at radius 3 is 2.38 bits per heavy atom. The Bertz CT molecular complexity index is 2280. The Balaban J connectivity index is 1.34. The van der Waals surface area contributed by atoms with Gasteiger partial charge in [-0.25, -0.2) is 9.67 Å². The lowest BCUT2D eigenvalue weighted by Gasteiger charge is -2.32. The van der Waals surface area contributed by atoms with Crippen molar-refractivity contribution in [2.45, 2.75) is 112 Å². The van der Waals surface area contributed by atoms with Gasteiger partial charge in [0.25, 0.3) is 0 Å². The van der Waals surface area contributed by atoms with E-state index < -0.39 is 0 Å². The van der Waals surface area contributed by atoms with Crippen LogP contribution in [0.3, 0.4) is 0 Å². The van der Waals surface area contributed by atoms with Crippen LogP contribution in [0.4, 0.5) is 0 Å². The molecule has 5 nitrogen and oxygen atoms in total. The molecular weight excluding hydrogens is 637 g/mol. The fourth-order valence-corrected chi connectivity index (χ4v) is 8.62. The second kappa shape index (κ2) is 14.1. The Hall–Kier alpha value is -4.64. The Morgan fingerprint density at radius 2 is 1.65 bits per heavy atom. The number of aryl methyl sites for hydroxylation is 1. The molecular formula is C47H56N4O. The van der Waals surface area contributed by atoms with E-state index in [1.165, 1.54) is 45.2 Å². The number of allylic oxidation sites excluding steroid dienone is 2. The quantitative estimate of drug-likeness (QED) is 0.142. The van der Waals surface area contributed by atoms with Crippen molar-refractivity contribution in [2.24, 2.45) is 11.8 Å². The summed E-state index contributed by atoms with van der Waals surface area (Å²) in [6, 6.07) is 26.1. The molecule has 3 atom stereocenters. The van der Waals surface area contributed by atoms with Crippen molar-refractivity contribution in [3.8, 4) is 23.0 Å². The van der Waals surface area contributed by atoms with Crippen molar-refractivity contribution in [3.05, 3.63) is 119 Å². The summed E-state index contributed by atoms with van der Waals surface area (Å²) in [5.74, 6) is 4.46. The molecule has 7 rings (SSSR count). The van der Waals surface area contributed by atoms with E-state index in [-0.39, 0.29) is 5.41 Å². The minimum atomic E-state index is 0.0108. The number of ether oxygens (including phenoxy) is 1. The maximum absolute atomic E-state index is 6.84. The average molecular weight is 693 g/mol. The Labute approximate surface area is 310 Å². The number of rotatable bonds is 9. The van der Waals surface area contributed by atoms with Gasteiger partial charge in [-0.2, -0.15) is 5.10 Å². The molecule has 1 aliphatic carbocycles. The number of hydrogen-bond donors (Lipinski definition) is 0. The predicted molar refractivity (Wildman–Crippen MR) is 218 cm³/mol. The molecule has 0 fully saturated rings. The summed E-state index contributed by atoms with van der Waals surface area (Å²) >= 11 is 0. The van der Waals surface area contributed by atoms with E-state index in [4.69, 9.17) is 14.8 Å². The molecule has 3 aromatic heterocycles. The van der Waals surface area contributed by atoms with Crippen LogP contribution in [0.5, 0.6) is 11.5 Å². The number of fused-ring (bicyclic) bond motifs is 3. The zero-order valence-electron chi connectivity index (χ0n) is 32.9. The topological polar surface area (TPSA) is 44.9 Å². The highest BCUT2D eigenvalue weighted by molar-refractivity contribution is 6.09. The van der Waals surface area contributed by atoms with Gasteiger partial charge >= 0.3 is 0 Å². The van der Waals surface area contributed by atoms with E-state index in [1.807, 2.05) is 6.20 Å². The molecule has 1 aliphatic rings. The van der Waals surface area contributed by atoms with Crippen LogP contribution in [0.25, 0.3) is 33.3 Å². The summed E-state index contributed by atoms with van der Waals surface area (Å²) in [7, 11) is 0. The number of unbranched alkanes of at least 4 members (excludes halogenated alkanes) is 1.